The zero-order valence-corrected chi connectivity index (χ0v) is 11.3. The maximum absolute atomic E-state index is 5.59. The SMILES string of the molecule is Cc1ccc(Br)cc1Nc1cc(NN)nc(N)n1. The first-order chi connectivity index (χ1) is 8.58. The number of aromatic nitrogens is 2. The lowest BCUT2D eigenvalue weighted by molar-refractivity contribution is 1.15. The van der Waals surface area contributed by atoms with Gasteiger partial charge in [0.2, 0.25) is 5.95 Å². The number of nitrogens with zero attached hydrogens (tertiary/aromatic N) is 2. The highest BCUT2D eigenvalue weighted by molar-refractivity contribution is 9.10. The van der Waals surface area contributed by atoms with Gasteiger partial charge in [-0.05, 0) is 24.6 Å². The summed E-state index contributed by atoms with van der Waals surface area (Å²) in [7, 11) is 0. The molecule has 1 heterocycles. The Bertz CT molecular complexity index is 571. The van der Waals surface area contributed by atoms with E-state index in [9.17, 15) is 0 Å². The van der Waals surface area contributed by atoms with Gasteiger partial charge in [0, 0.05) is 16.2 Å². The maximum Gasteiger partial charge on any atom is 0.223 e. The smallest absolute Gasteiger partial charge is 0.223 e. The number of halogens is 1. The van der Waals surface area contributed by atoms with E-state index in [1.165, 1.54) is 0 Å². The van der Waals surface area contributed by atoms with Crippen molar-refractivity contribution >= 4 is 39.2 Å². The highest BCUT2D eigenvalue weighted by atomic mass is 79.9. The number of hydrogen-bond acceptors (Lipinski definition) is 6. The Labute approximate surface area is 113 Å². The number of benzene rings is 1. The van der Waals surface area contributed by atoms with Gasteiger partial charge in [-0.15, -0.1) is 0 Å². The summed E-state index contributed by atoms with van der Waals surface area (Å²) < 4.78 is 0.981. The van der Waals surface area contributed by atoms with Gasteiger partial charge < -0.3 is 16.5 Å². The third-order valence-electron chi connectivity index (χ3n) is 2.35. The second-order valence-corrected chi connectivity index (χ2v) is 4.64. The molecule has 0 fully saturated rings. The van der Waals surface area contributed by atoms with Gasteiger partial charge in [0.05, 0.1) is 0 Å². The number of aryl methyl sites for hydroxylation is 1. The number of hydrazine groups is 1. The highest BCUT2D eigenvalue weighted by Crippen LogP contribution is 2.24. The van der Waals surface area contributed by atoms with Crippen LogP contribution in [0.1, 0.15) is 5.56 Å². The average Bonchev–Trinajstić information content (AvgIpc) is 2.33. The van der Waals surface area contributed by atoms with Crippen molar-refractivity contribution in [3.63, 3.8) is 0 Å². The van der Waals surface area contributed by atoms with Crippen LogP contribution in [0, 0.1) is 6.92 Å². The molecule has 94 valence electrons. The molecule has 6 N–H and O–H groups in total. The number of nitrogens with one attached hydrogen (secondary N) is 2. The van der Waals surface area contributed by atoms with Crippen molar-refractivity contribution in [1.82, 2.24) is 9.97 Å². The van der Waals surface area contributed by atoms with Gasteiger partial charge in [-0.25, -0.2) is 5.84 Å². The number of nitrogens with two attached hydrogens (primary N) is 2. The summed E-state index contributed by atoms with van der Waals surface area (Å²) in [6, 6.07) is 7.61. The number of anilines is 4. The predicted octanol–water partition coefficient (Wildman–Crippen LogP) is 2.16. The van der Waals surface area contributed by atoms with E-state index in [-0.39, 0.29) is 5.95 Å². The van der Waals surface area contributed by atoms with Crippen molar-refractivity contribution in [3.8, 4) is 0 Å². The van der Waals surface area contributed by atoms with Gasteiger partial charge >= 0.3 is 0 Å². The second-order valence-electron chi connectivity index (χ2n) is 3.73. The van der Waals surface area contributed by atoms with E-state index in [1.807, 2.05) is 25.1 Å². The van der Waals surface area contributed by atoms with Gasteiger partial charge in [0.15, 0.2) is 0 Å². The van der Waals surface area contributed by atoms with Gasteiger partial charge in [-0.3, -0.25) is 0 Å². The number of hydrogen-bond donors (Lipinski definition) is 4. The molecular weight excluding hydrogens is 296 g/mol. The molecule has 0 amide bonds. The molecular formula is C11H13BrN6. The Kier molecular flexibility index (Phi) is 3.63. The fraction of sp³-hybridized carbons (Fsp3) is 0.0909. The lowest BCUT2D eigenvalue weighted by Crippen LogP contribution is -2.11. The van der Waals surface area contributed by atoms with Crippen LogP contribution in [0.25, 0.3) is 0 Å². The fourth-order valence-electron chi connectivity index (χ4n) is 1.47. The fourth-order valence-corrected chi connectivity index (χ4v) is 1.83. The zero-order chi connectivity index (χ0) is 13.1. The molecule has 0 spiro atoms. The average molecular weight is 309 g/mol. The van der Waals surface area contributed by atoms with E-state index >= 15 is 0 Å². The minimum atomic E-state index is 0.153. The number of nitrogen functional groups attached to an aromatic ring is 2. The molecule has 0 saturated carbocycles. The molecule has 0 saturated heterocycles. The van der Waals surface area contributed by atoms with Crippen LogP contribution >= 0.6 is 15.9 Å². The first kappa shape index (κ1) is 12.6. The van der Waals surface area contributed by atoms with E-state index < -0.39 is 0 Å². The van der Waals surface area contributed by atoms with Crippen molar-refractivity contribution in [2.24, 2.45) is 5.84 Å². The van der Waals surface area contributed by atoms with Crippen molar-refractivity contribution < 1.29 is 0 Å². The molecule has 18 heavy (non-hydrogen) atoms. The molecule has 0 aliphatic carbocycles. The van der Waals surface area contributed by atoms with Gasteiger partial charge in [-0.1, -0.05) is 22.0 Å². The summed E-state index contributed by atoms with van der Waals surface area (Å²) in [5.74, 6) is 6.49. The molecule has 7 heteroatoms. The van der Waals surface area contributed by atoms with Gasteiger partial charge in [-0.2, -0.15) is 9.97 Å². The summed E-state index contributed by atoms with van der Waals surface area (Å²) in [6.07, 6.45) is 0. The molecule has 2 rings (SSSR count). The molecule has 0 bridgehead atoms. The summed E-state index contributed by atoms with van der Waals surface area (Å²) in [5, 5.41) is 3.17. The van der Waals surface area contributed by atoms with E-state index in [0.717, 1.165) is 15.7 Å². The van der Waals surface area contributed by atoms with Crippen LogP contribution in [0.4, 0.5) is 23.3 Å². The molecule has 1 aromatic carbocycles. The van der Waals surface area contributed by atoms with Crippen LogP contribution < -0.4 is 22.3 Å². The highest BCUT2D eigenvalue weighted by Gasteiger charge is 2.04. The third kappa shape index (κ3) is 2.88. The first-order valence-corrected chi connectivity index (χ1v) is 6.02. The zero-order valence-electron chi connectivity index (χ0n) is 9.74. The molecule has 6 nitrogen and oxygen atoms in total. The van der Waals surface area contributed by atoms with Crippen molar-refractivity contribution in [2.75, 3.05) is 16.5 Å². The van der Waals surface area contributed by atoms with Crippen molar-refractivity contribution in [1.29, 1.82) is 0 Å². The molecule has 1 aromatic heterocycles. The molecule has 0 unspecified atom stereocenters. The van der Waals surface area contributed by atoms with Crippen molar-refractivity contribution in [3.05, 3.63) is 34.3 Å². The van der Waals surface area contributed by atoms with Crippen molar-refractivity contribution in [2.45, 2.75) is 6.92 Å². The standard InChI is InChI=1S/C11H13BrN6/c1-6-2-3-7(12)4-8(6)15-9-5-10(18-14)17-11(13)16-9/h2-5H,14H2,1H3,(H4,13,15,16,17,18). The molecule has 0 radical (unpaired) electrons. The summed E-state index contributed by atoms with van der Waals surface area (Å²) in [4.78, 5) is 8.01. The molecule has 2 aromatic rings. The first-order valence-electron chi connectivity index (χ1n) is 5.23. The normalized spacial score (nSPS) is 10.2. The Balaban J connectivity index is 2.33. The predicted molar refractivity (Wildman–Crippen MR) is 76.4 cm³/mol. The lowest BCUT2D eigenvalue weighted by Gasteiger charge is -2.10. The van der Waals surface area contributed by atoms with Crippen LogP contribution in [0.15, 0.2) is 28.7 Å². The van der Waals surface area contributed by atoms with Crippen LogP contribution in [0.2, 0.25) is 0 Å². The monoisotopic (exact) mass is 308 g/mol. The van der Waals surface area contributed by atoms with Gasteiger partial charge in [0.25, 0.3) is 0 Å². The second kappa shape index (κ2) is 5.19. The maximum atomic E-state index is 5.59. The Morgan fingerprint density at radius 1 is 1.17 bits per heavy atom. The van der Waals surface area contributed by atoms with E-state index in [0.29, 0.717) is 11.6 Å². The molecule has 0 aliphatic heterocycles. The Hall–Kier alpha value is -1.86. The molecule has 0 atom stereocenters. The minimum Gasteiger partial charge on any atom is -0.368 e. The Morgan fingerprint density at radius 3 is 2.61 bits per heavy atom. The van der Waals surface area contributed by atoms with E-state index in [1.54, 1.807) is 6.07 Å². The van der Waals surface area contributed by atoms with Gasteiger partial charge in [0.1, 0.15) is 11.6 Å². The summed E-state index contributed by atoms with van der Waals surface area (Å²) in [5.41, 5.74) is 10.1. The summed E-state index contributed by atoms with van der Waals surface area (Å²) >= 11 is 3.42. The van der Waals surface area contributed by atoms with Crippen LogP contribution in [-0.4, -0.2) is 9.97 Å². The minimum absolute atomic E-state index is 0.153. The quantitative estimate of drug-likeness (QED) is 0.512. The largest absolute Gasteiger partial charge is 0.368 e. The van der Waals surface area contributed by atoms with Crippen LogP contribution in [0.5, 0.6) is 0 Å². The van der Waals surface area contributed by atoms with E-state index in [4.69, 9.17) is 11.6 Å². The third-order valence-corrected chi connectivity index (χ3v) is 2.85. The van der Waals surface area contributed by atoms with Crippen LogP contribution in [-0.2, 0) is 0 Å². The summed E-state index contributed by atoms with van der Waals surface area (Å²) in [6.45, 7) is 2.00. The lowest BCUT2D eigenvalue weighted by atomic mass is 10.2. The number of rotatable bonds is 3. The molecule has 0 aliphatic rings. The van der Waals surface area contributed by atoms with E-state index in [2.05, 4.69) is 36.6 Å². The Morgan fingerprint density at radius 2 is 1.89 bits per heavy atom. The topological polar surface area (TPSA) is 102 Å². The van der Waals surface area contributed by atoms with Crippen LogP contribution in [0.3, 0.4) is 0 Å².